The zero-order valence-corrected chi connectivity index (χ0v) is 14.5. The molecule has 4 heteroatoms. The summed E-state index contributed by atoms with van der Waals surface area (Å²) in [5, 5.41) is 12.4. The molecule has 0 radical (unpaired) electrons. The number of likely N-dealkylation sites (tertiary alicyclic amines) is 1. The maximum atomic E-state index is 12.4. The molecule has 4 nitrogen and oxygen atoms in total. The highest BCUT2D eigenvalue weighted by atomic mass is 16.3. The van der Waals surface area contributed by atoms with Gasteiger partial charge >= 0.3 is 0 Å². The summed E-state index contributed by atoms with van der Waals surface area (Å²) in [6.07, 6.45) is 7.11. The van der Waals surface area contributed by atoms with E-state index in [1.807, 2.05) is 0 Å². The number of nitrogens with one attached hydrogen (secondary N) is 1. The molecule has 1 aliphatic carbocycles. The predicted octanol–water partition coefficient (Wildman–Crippen LogP) is 2.32. The number of carbonyl (C=O) groups excluding carboxylic acids is 1. The van der Waals surface area contributed by atoms with Gasteiger partial charge in [-0.1, -0.05) is 49.6 Å². The van der Waals surface area contributed by atoms with Crippen LogP contribution in [0.5, 0.6) is 0 Å². The number of aliphatic hydroxyl groups excluding tert-OH is 1. The average Bonchev–Trinajstić information content (AvgIpc) is 3.09. The van der Waals surface area contributed by atoms with Crippen LogP contribution in [0, 0.1) is 5.92 Å². The standard InChI is InChI=1S/C20H30N2O2/c23-15-17-9-12-22(13-17)14-19(24)21-16-20(10-5-2-6-11-20)18-7-3-1-4-8-18/h1,3-4,7-8,17,23H,2,5-6,9-16H2,(H,21,24). The highest BCUT2D eigenvalue weighted by Gasteiger charge is 2.34. The third-order valence-corrected chi connectivity index (χ3v) is 5.82. The molecule has 24 heavy (non-hydrogen) atoms. The number of carbonyl (C=O) groups is 1. The lowest BCUT2D eigenvalue weighted by Gasteiger charge is -2.38. The first-order valence-electron chi connectivity index (χ1n) is 9.37. The molecule has 1 aromatic rings. The molecule has 1 unspecified atom stereocenters. The highest BCUT2D eigenvalue weighted by molar-refractivity contribution is 5.78. The molecule has 2 fully saturated rings. The Morgan fingerprint density at radius 3 is 2.62 bits per heavy atom. The summed E-state index contributed by atoms with van der Waals surface area (Å²) in [6, 6.07) is 10.7. The fourth-order valence-corrected chi connectivity index (χ4v) is 4.32. The van der Waals surface area contributed by atoms with Gasteiger partial charge in [0.25, 0.3) is 0 Å². The van der Waals surface area contributed by atoms with Gasteiger partial charge in [0, 0.05) is 25.1 Å². The van der Waals surface area contributed by atoms with Gasteiger partial charge in [-0.25, -0.2) is 0 Å². The molecule has 3 rings (SSSR count). The van der Waals surface area contributed by atoms with Gasteiger partial charge in [0.1, 0.15) is 0 Å². The quantitative estimate of drug-likeness (QED) is 0.842. The Labute approximate surface area is 145 Å². The van der Waals surface area contributed by atoms with Crippen LogP contribution in [0.1, 0.15) is 44.1 Å². The topological polar surface area (TPSA) is 52.6 Å². The average molecular weight is 330 g/mol. The van der Waals surface area contributed by atoms with Crippen molar-refractivity contribution >= 4 is 5.91 Å². The first-order valence-corrected chi connectivity index (χ1v) is 9.37. The predicted molar refractivity (Wildman–Crippen MR) is 95.8 cm³/mol. The smallest absolute Gasteiger partial charge is 0.234 e. The maximum absolute atomic E-state index is 12.4. The van der Waals surface area contributed by atoms with Crippen LogP contribution >= 0.6 is 0 Å². The van der Waals surface area contributed by atoms with E-state index in [1.54, 1.807) is 0 Å². The zero-order chi connectivity index (χ0) is 16.8. The Morgan fingerprint density at radius 1 is 1.21 bits per heavy atom. The highest BCUT2D eigenvalue weighted by Crippen LogP contribution is 2.38. The van der Waals surface area contributed by atoms with Crippen LogP contribution in [0.4, 0.5) is 0 Å². The zero-order valence-electron chi connectivity index (χ0n) is 14.5. The summed E-state index contributed by atoms with van der Waals surface area (Å²) < 4.78 is 0. The van der Waals surface area contributed by atoms with Crippen molar-refractivity contribution in [3.05, 3.63) is 35.9 Å². The van der Waals surface area contributed by atoms with Gasteiger partial charge in [-0.15, -0.1) is 0 Å². The van der Waals surface area contributed by atoms with E-state index in [1.165, 1.54) is 24.8 Å². The summed E-state index contributed by atoms with van der Waals surface area (Å²) in [6.45, 7) is 3.19. The van der Waals surface area contributed by atoms with E-state index < -0.39 is 0 Å². The number of hydrogen-bond donors (Lipinski definition) is 2. The fourth-order valence-electron chi connectivity index (χ4n) is 4.32. The van der Waals surface area contributed by atoms with E-state index in [0.717, 1.165) is 38.9 Å². The van der Waals surface area contributed by atoms with E-state index in [9.17, 15) is 9.90 Å². The molecule has 0 spiro atoms. The van der Waals surface area contributed by atoms with Crippen molar-refractivity contribution in [1.29, 1.82) is 0 Å². The Hall–Kier alpha value is -1.39. The number of hydrogen-bond acceptors (Lipinski definition) is 3. The molecular weight excluding hydrogens is 300 g/mol. The van der Waals surface area contributed by atoms with Gasteiger partial charge in [-0.05, 0) is 37.3 Å². The van der Waals surface area contributed by atoms with E-state index >= 15 is 0 Å². The molecule has 0 aromatic heterocycles. The molecule has 132 valence electrons. The minimum absolute atomic E-state index is 0.105. The first kappa shape index (κ1) is 17.4. The van der Waals surface area contributed by atoms with Crippen molar-refractivity contribution in [2.75, 3.05) is 32.8 Å². The third kappa shape index (κ3) is 4.17. The fraction of sp³-hybridized carbons (Fsp3) is 0.650. The molecule has 1 atom stereocenters. The van der Waals surface area contributed by atoms with Crippen molar-refractivity contribution in [1.82, 2.24) is 10.2 Å². The second kappa shape index (κ2) is 8.13. The largest absolute Gasteiger partial charge is 0.396 e. The van der Waals surface area contributed by atoms with Gasteiger partial charge < -0.3 is 10.4 Å². The van der Waals surface area contributed by atoms with Crippen LogP contribution in [0.25, 0.3) is 0 Å². The SMILES string of the molecule is O=C(CN1CCC(CO)C1)NCC1(c2ccccc2)CCCCC1. The van der Waals surface area contributed by atoms with Crippen molar-refractivity contribution in [2.24, 2.45) is 5.92 Å². The van der Waals surface area contributed by atoms with E-state index in [-0.39, 0.29) is 17.9 Å². The maximum Gasteiger partial charge on any atom is 0.234 e. The lowest BCUT2D eigenvalue weighted by molar-refractivity contribution is -0.122. The first-order chi connectivity index (χ1) is 11.7. The summed E-state index contributed by atoms with van der Waals surface area (Å²) in [7, 11) is 0. The summed E-state index contributed by atoms with van der Waals surface area (Å²) in [5.74, 6) is 0.460. The molecular formula is C20H30N2O2. The van der Waals surface area contributed by atoms with Crippen LogP contribution < -0.4 is 5.32 Å². The number of amides is 1. The monoisotopic (exact) mass is 330 g/mol. The normalized spacial score (nSPS) is 24.0. The third-order valence-electron chi connectivity index (χ3n) is 5.82. The number of benzene rings is 1. The molecule has 1 heterocycles. The van der Waals surface area contributed by atoms with Crippen molar-refractivity contribution < 1.29 is 9.90 Å². The van der Waals surface area contributed by atoms with Crippen molar-refractivity contribution in [3.63, 3.8) is 0 Å². The summed E-state index contributed by atoms with van der Waals surface area (Å²) in [5.41, 5.74) is 1.47. The number of aliphatic hydroxyl groups is 1. The summed E-state index contributed by atoms with van der Waals surface area (Å²) in [4.78, 5) is 14.6. The molecule has 1 saturated heterocycles. The van der Waals surface area contributed by atoms with E-state index in [2.05, 4.69) is 40.5 Å². The van der Waals surface area contributed by atoms with Gasteiger partial charge in [0.05, 0.1) is 6.54 Å². The second-order valence-corrected chi connectivity index (χ2v) is 7.56. The Kier molecular flexibility index (Phi) is 5.90. The minimum Gasteiger partial charge on any atom is -0.396 e. The van der Waals surface area contributed by atoms with Gasteiger partial charge in [0.15, 0.2) is 0 Å². The van der Waals surface area contributed by atoms with Crippen molar-refractivity contribution in [3.8, 4) is 0 Å². The Balaban J connectivity index is 1.57. The Morgan fingerprint density at radius 2 is 1.96 bits per heavy atom. The summed E-state index contributed by atoms with van der Waals surface area (Å²) >= 11 is 0. The van der Waals surface area contributed by atoms with Gasteiger partial charge in [0.2, 0.25) is 5.91 Å². The van der Waals surface area contributed by atoms with Gasteiger partial charge in [-0.3, -0.25) is 9.69 Å². The van der Waals surface area contributed by atoms with Crippen LogP contribution in [0.2, 0.25) is 0 Å². The molecule has 1 amide bonds. The molecule has 2 aliphatic rings. The Bertz CT molecular complexity index is 526. The van der Waals surface area contributed by atoms with Crippen LogP contribution in [-0.2, 0) is 10.2 Å². The molecule has 0 bridgehead atoms. The van der Waals surface area contributed by atoms with Crippen LogP contribution in [-0.4, -0.2) is 48.7 Å². The number of nitrogens with zero attached hydrogens (tertiary/aromatic N) is 1. The number of rotatable bonds is 6. The van der Waals surface area contributed by atoms with E-state index in [0.29, 0.717) is 12.5 Å². The minimum atomic E-state index is 0.105. The van der Waals surface area contributed by atoms with Crippen molar-refractivity contribution in [2.45, 2.75) is 43.9 Å². The van der Waals surface area contributed by atoms with E-state index in [4.69, 9.17) is 0 Å². The van der Waals surface area contributed by atoms with Gasteiger partial charge in [-0.2, -0.15) is 0 Å². The lowest BCUT2D eigenvalue weighted by atomic mass is 9.69. The second-order valence-electron chi connectivity index (χ2n) is 7.56. The molecule has 1 aromatic carbocycles. The molecule has 1 saturated carbocycles. The lowest BCUT2D eigenvalue weighted by Crippen LogP contribution is -2.45. The van der Waals surface area contributed by atoms with Crippen LogP contribution in [0.15, 0.2) is 30.3 Å². The molecule has 2 N–H and O–H groups in total. The van der Waals surface area contributed by atoms with Crippen LogP contribution in [0.3, 0.4) is 0 Å². The molecule has 1 aliphatic heterocycles.